The summed E-state index contributed by atoms with van der Waals surface area (Å²) in [6.07, 6.45) is 9.75. The van der Waals surface area contributed by atoms with Crippen LogP contribution in [0.1, 0.15) is 0 Å². The van der Waals surface area contributed by atoms with Crippen molar-refractivity contribution in [3.05, 3.63) is 61.6 Å². The predicted octanol–water partition coefficient (Wildman–Crippen LogP) is 3.92. The number of nitrogens with zero attached hydrogens (tertiary/aromatic N) is 5. The normalized spacial score (nSPS) is 11.5. The molecule has 30 heavy (non-hydrogen) atoms. The van der Waals surface area contributed by atoms with E-state index in [0.717, 1.165) is 27.5 Å². The fourth-order valence-electron chi connectivity index (χ4n) is 3.50. The second-order valence-corrected chi connectivity index (χ2v) is 6.77. The quantitative estimate of drug-likeness (QED) is 0.414. The minimum absolute atomic E-state index is 0.0805. The molecule has 0 aliphatic heterocycles. The maximum absolute atomic E-state index is 9.73. The summed E-state index contributed by atoms with van der Waals surface area (Å²) in [5.41, 5.74) is 6.07. The number of aromatic amines is 2. The Morgan fingerprint density at radius 2 is 1.97 bits per heavy atom. The summed E-state index contributed by atoms with van der Waals surface area (Å²) >= 11 is 0. The lowest BCUT2D eigenvalue weighted by molar-refractivity contribution is 0.473. The van der Waals surface area contributed by atoms with Crippen molar-refractivity contribution in [3.8, 4) is 39.7 Å². The van der Waals surface area contributed by atoms with Crippen LogP contribution in [-0.4, -0.2) is 40.2 Å². The van der Waals surface area contributed by atoms with E-state index in [9.17, 15) is 5.11 Å². The van der Waals surface area contributed by atoms with Crippen molar-refractivity contribution < 1.29 is 9.52 Å². The molecule has 0 amide bonds. The number of hydrogen-bond donors (Lipinski definition) is 3. The van der Waals surface area contributed by atoms with E-state index in [4.69, 9.17) is 4.42 Å². The van der Waals surface area contributed by atoms with Crippen molar-refractivity contribution in [1.29, 1.82) is 0 Å². The second kappa shape index (κ2) is 6.24. The average Bonchev–Trinajstić information content (AvgIpc) is 3.51. The van der Waals surface area contributed by atoms with Crippen molar-refractivity contribution in [2.24, 2.45) is 0 Å². The first-order valence-electron chi connectivity index (χ1n) is 9.12. The number of hydrogen-bond acceptors (Lipinski definition) is 7. The first-order valence-corrected chi connectivity index (χ1v) is 9.12. The van der Waals surface area contributed by atoms with Crippen LogP contribution in [0.25, 0.3) is 56.0 Å². The third-order valence-corrected chi connectivity index (χ3v) is 4.92. The zero-order valence-corrected chi connectivity index (χ0v) is 15.4. The molecule has 6 heterocycles. The molecule has 9 heteroatoms. The molecular weight excluding hydrogens is 382 g/mol. The highest BCUT2D eigenvalue weighted by Gasteiger charge is 2.17. The molecule has 0 aliphatic carbocycles. The third kappa shape index (κ3) is 2.53. The van der Waals surface area contributed by atoms with Crippen LogP contribution in [0.4, 0.5) is 0 Å². The molecule has 0 bridgehead atoms. The van der Waals surface area contributed by atoms with Gasteiger partial charge in [-0.05, 0) is 24.3 Å². The van der Waals surface area contributed by atoms with Gasteiger partial charge in [-0.3, -0.25) is 15.1 Å². The standard InChI is InChI=1S/C21H13N7O2/c29-13-5-12(7-22-8-13)16-6-15-17(9-24-16)27-28-19(15)21-25-18-14(11-2-4-30-10-11)1-3-23-20(18)26-21/h1-10,29H,(H,27,28)(H,23,25,26). The maximum atomic E-state index is 9.73. The molecule has 0 saturated heterocycles. The molecule has 0 aliphatic rings. The zero-order chi connectivity index (χ0) is 20.1. The average molecular weight is 395 g/mol. The van der Waals surface area contributed by atoms with E-state index in [1.165, 1.54) is 6.20 Å². The Labute approximate surface area is 168 Å². The molecule has 0 radical (unpaired) electrons. The predicted molar refractivity (Wildman–Crippen MR) is 109 cm³/mol. The lowest BCUT2D eigenvalue weighted by Gasteiger charge is -2.01. The van der Waals surface area contributed by atoms with Crippen molar-refractivity contribution in [2.45, 2.75) is 0 Å². The molecule has 144 valence electrons. The van der Waals surface area contributed by atoms with E-state index in [0.29, 0.717) is 28.4 Å². The number of nitrogens with one attached hydrogen (secondary N) is 2. The molecule has 0 saturated carbocycles. The Balaban J connectivity index is 1.52. The summed E-state index contributed by atoms with van der Waals surface area (Å²) in [6, 6.07) is 7.31. The molecule has 6 rings (SSSR count). The molecule has 9 nitrogen and oxygen atoms in total. The molecule has 0 atom stereocenters. The van der Waals surface area contributed by atoms with Crippen molar-refractivity contribution >= 4 is 22.1 Å². The van der Waals surface area contributed by atoms with Gasteiger partial charge in [0.2, 0.25) is 0 Å². The highest BCUT2D eigenvalue weighted by molar-refractivity contribution is 5.96. The molecule has 3 N–H and O–H groups in total. The van der Waals surface area contributed by atoms with Crippen molar-refractivity contribution in [3.63, 3.8) is 0 Å². The zero-order valence-electron chi connectivity index (χ0n) is 15.4. The minimum Gasteiger partial charge on any atom is -0.506 e. The Morgan fingerprint density at radius 1 is 1.00 bits per heavy atom. The van der Waals surface area contributed by atoms with Crippen LogP contribution >= 0.6 is 0 Å². The van der Waals surface area contributed by atoms with E-state index < -0.39 is 0 Å². The van der Waals surface area contributed by atoms with Crippen LogP contribution in [0.5, 0.6) is 5.75 Å². The van der Waals surface area contributed by atoms with E-state index in [2.05, 4.69) is 35.1 Å². The maximum Gasteiger partial charge on any atom is 0.178 e. The van der Waals surface area contributed by atoms with Crippen LogP contribution in [0.2, 0.25) is 0 Å². The monoisotopic (exact) mass is 395 g/mol. The summed E-state index contributed by atoms with van der Waals surface area (Å²) in [6.45, 7) is 0. The Hall–Kier alpha value is -4.53. The fourth-order valence-corrected chi connectivity index (χ4v) is 3.50. The summed E-state index contributed by atoms with van der Waals surface area (Å²) in [5.74, 6) is 0.669. The van der Waals surface area contributed by atoms with Gasteiger partial charge in [0.15, 0.2) is 11.5 Å². The lowest BCUT2D eigenvalue weighted by atomic mass is 10.1. The van der Waals surface area contributed by atoms with Gasteiger partial charge in [0.05, 0.1) is 41.6 Å². The first-order chi connectivity index (χ1) is 14.8. The highest BCUT2D eigenvalue weighted by atomic mass is 16.3. The van der Waals surface area contributed by atoms with Gasteiger partial charge in [-0.25, -0.2) is 9.97 Å². The number of fused-ring (bicyclic) bond motifs is 2. The SMILES string of the molecule is Oc1cncc(-c2cc3c(-c4nc5nccc(-c6ccoc6)c5[nH]4)n[nH]c3cn2)c1. The smallest absolute Gasteiger partial charge is 0.178 e. The van der Waals surface area contributed by atoms with Crippen LogP contribution in [0.15, 0.2) is 66.0 Å². The van der Waals surface area contributed by atoms with Gasteiger partial charge < -0.3 is 14.5 Å². The van der Waals surface area contributed by atoms with Gasteiger partial charge in [-0.15, -0.1) is 0 Å². The number of pyridine rings is 3. The number of imidazole rings is 1. The van der Waals surface area contributed by atoms with Gasteiger partial charge >= 0.3 is 0 Å². The van der Waals surface area contributed by atoms with Crippen LogP contribution in [0.3, 0.4) is 0 Å². The third-order valence-electron chi connectivity index (χ3n) is 4.92. The van der Waals surface area contributed by atoms with Crippen LogP contribution in [-0.2, 0) is 0 Å². The van der Waals surface area contributed by atoms with E-state index in [-0.39, 0.29) is 5.75 Å². The van der Waals surface area contributed by atoms with Gasteiger partial charge in [0.25, 0.3) is 0 Å². The molecular formula is C21H13N7O2. The Bertz CT molecular complexity index is 1520. The van der Waals surface area contributed by atoms with E-state index in [1.54, 1.807) is 37.2 Å². The largest absolute Gasteiger partial charge is 0.506 e. The number of furan rings is 1. The van der Waals surface area contributed by atoms with Gasteiger partial charge in [-0.1, -0.05) is 0 Å². The number of aromatic hydroxyl groups is 1. The summed E-state index contributed by atoms with van der Waals surface area (Å²) < 4.78 is 5.22. The van der Waals surface area contributed by atoms with E-state index >= 15 is 0 Å². The van der Waals surface area contributed by atoms with Crippen LogP contribution in [0, 0.1) is 0 Å². The van der Waals surface area contributed by atoms with Gasteiger partial charge in [0.1, 0.15) is 11.4 Å². The van der Waals surface area contributed by atoms with Crippen molar-refractivity contribution in [2.75, 3.05) is 0 Å². The Morgan fingerprint density at radius 3 is 2.83 bits per heavy atom. The van der Waals surface area contributed by atoms with E-state index in [1.807, 2.05) is 18.2 Å². The lowest BCUT2D eigenvalue weighted by Crippen LogP contribution is -1.86. The number of rotatable bonds is 3. The summed E-state index contributed by atoms with van der Waals surface area (Å²) in [5, 5.41) is 18.0. The fraction of sp³-hybridized carbons (Fsp3) is 0. The molecule has 0 spiro atoms. The molecule has 0 fully saturated rings. The summed E-state index contributed by atoms with van der Waals surface area (Å²) in [4.78, 5) is 20.8. The topological polar surface area (TPSA) is 129 Å². The van der Waals surface area contributed by atoms with Crippen LogP contribution < -0.4 is 0 Å². The Kier molecular flexibility index (Phi) is 3.42. The van der Waals surface area contributed by atoms with Gasteiger partial charge in [0, 0.05) is 34.5 Å². The molecule has 6 aromatic heterocycles. The molecule has 6 aromatic rings. The minimum atomic E-state index is 0.0805. The summed E-state index contributed by atoms with van der Waals surface area (Å²) in [7, 11) is 0. The second-order valence-electron chi connectivity index (χ2n) is 6.77. The highest BCUT2D eigenvalue weighted by Crippen LogP contribution is 2.32. The molecule has 0 aromatic carbocycles. The van der Waals surface area contributed by atoms with Crippen molar-refractivity contribution in [1.82, 2.24) is 35.1 Å². The molecule has 0 unspecified atom stereocenters. The number of H-pyrrole nitrogens is 2. The first kappa shape index (κ1) is 16.4. The number of aromatic nitrogens is 7. The van der Waals surface area contributed by atoms with Gasteiger partial charge in [-0.2, -0.15) is 5.10 Å².